The van der Waals surface area contributed by atoms with E-state index in [1.54, 1.807) is 32.9 Å². The van der Waals surface area contributed by atoms with Gasteiger partial charge in [-0.3, -0.25) is 0 Å². The fourth-order valence-corrected chi connectivity index (χ4v) is 4.23. The fourth-order valence-electron chi connectivity index (χ4n) is 3.81. The summed E-state index contributed by atoms with van der Waals surface area (Å²) in [6.07, 6.45) is 0. The molecule has 4 aromatic rings. The number of nitrogens with one attached hydrogen (secondary N) is 2. The van der Waals surface area contributed by atoms with Crippen molar-refractivity contribution in [2.24, 2.45) is 0 Å². The minimum Gasteiger partial charge on any atom is -0.354 e. The molecule has 0 saturated carbocycles. The van der Waals surface area contributed by atoms with E-state index in [2.05, 4.69) is 19.8 Å². The van der Waals surface area contributed by atoms with Crippen LogP contribution < -0.4 is 14.8 Å². The number of hydrogen-bond acceptors (Lipinski definition) is 6. The maximum Gasteiger partial charge on any atom is 0.534 e. The molecule has 0 saturated heterocycles. The molecule has 8 nitrogen and oxygen atoms in total. The molecule has 0 radical (unpaired) electrons. The molecule has 12 heteroatoms. The Morgan fingerprint density at radius 1 is 0.950 bits per heavy atom. The number of rotatable bonds is 5. The third-order valence-corrected chi connectivity index (χ3v) is 6.77. The number of urea groups is 1. The summed E-state index contributed by atoms with van der Waals surface area (Å²) >= 11 is 0. The van der Waals surface area contributed by atoms with Gasteiger partial charge in [-0.25, -0.2) is 9.78 Å². The van der Waals surface area contributed by atoms with Crippen LogP contribution >= 0.6 is 0 Å². The largest absolute Gasteiger partial charge is 0.534 e. The van der Waals surface area contributed by atoms with Gasteiger partial charge in [0.05, 0.1) is 11.4 Å². The van der Waals surface area contributed by atoms with Crippen LogP contribution in [0.4, 0.5) is 29.3 Å². The van der Waals surface area contributed by atoms with E-state index < -0.39 is 38.5 Å². The summed E-state index contributed by atoms with van der Waals surface area (Å²) in [5.41, 5.74) is -5.26. The van der Waals surface area contributed by atoms with Crippen molar-refractivity contribution in [3.8, 4) is 23.1 Å². The van der Waals surface area contributed by atoms with Crippen molar-refractivity contribution in [2.75, 3.05) is 10.6 Å². The van der Waals surface area contributed by atoms with Gasteiger partial charge >= 0.3 is 21.7 Å². The number of halogens is 3. The number of carbonyl (C=O) groups is 1. The molecule has 0 atom stereocenters. The Kier molecular flexibility index (Phi) is 7.45. The minimum atomic E-state index is -6.07. The molecule has 0 aliphatic rings. The Balaban J connectivity index is 1.65. The summed E-state index contributed by atoms with van der Waals surface area (Å²) < 4.78 is 66.7. The van der Waals surface area contributed by atoms with Crippen molar-refractivity contribution >= 4 is 38.3 Å². The molecular formula is C28H23F3N4O4S. The topological polar surface area (TPSA) is 121 Å². The van der Waals surface area contributed by atoms with Crippen LogP contribution in [0, 0.1) is 11.3 Å². The molecule has 0 fully saturated rings. The number of aromatic nitrogens is 1. The molecule has 0 aliphatic heterocycles. The molecule has 1 heterocycles. The number of hydrogen-bond donors (Lipinski definition) is 2. The SMILES string of the molecule is CC(C)(C)c1cc(-c2ccc(NC(=O)Nc3cccc4ccccc34)cc2)c(C#N)c(OS(=O)(=O)C(F)(F)F)n1. The monoisotopic (exact) mass is 568 g/mol. The Bertz CT molecular complexity index is 1740. The Morgan fingerprint density at radius 3 is 2.23 bits per heavy atom. The average Bonchev–Trinajstić information content (AvgIpc) is 2.87. The van der Waals surface area contributed by atoms with Crippen molar-refractivity contribution < 1.29 is 30.6 Å². The lowest BCUT2D eigenvalue weighted by Gasteiger charge is -2.21. The van der Waals surface area contributed by atoms with Gasteiger partial charge in [-0.2, -0.15) is 26.9 Å². The number of amides is 2. The average molecular weight is 569 g/mol. The quantitative estimate of drug-likeness (QED) is 0.199. The zero-order chi connectivity index (χ0) is 29.3. The molecule has 1 aromatic heterocycles. The highest BCUT2D eigenvalue weighted by Gasteiger charge is 2.49. The van der Waals surface area contributed by atoms with Gasteiger partial charge in [0, 0.05) is 22.1 Å². The second-order valence-corrected chi connectivity index (χ2v) is 11.3. The van der Waals surface area contributed by atoms with Gasteiger partial charge in [0.1, 0.15) is 11.6 Å². The van der Waals surface area contributed by atoms with Crippen LogP contribution in [0.5, 0.6) is 5.88 Å². The minimum absolute atomic E-state index is 0.113. The Labute approximate surface area is 228 Å². The highest BCUT2D eigenvalue weighted by Crippen LogP contribution is 2.36. The first kappa shape index (κ1) is 28.4. The van der Waals surface area contributed by atoms with Gasteiger partial charge in [-0.1, -0.05) is 69.3 Å². The van der Waals surface area contributed by atoms with Crippen LogP contribution in [0.15, 0.2) is 72.8 Å². The predicted octanol–water partition coefficient (Wildman–Crippen LogP) is 6.94. The van der Waals surface area contributed by atoms with Crippen molar-refractivity contribution in [3.05, 3.63) is 84.1 Å². The molecule has 2 amide bonds. The number of fused-ring (bicyclic) bond motifs is 1. The zero-order valence-corrected chi connectivity index (χ0v) is 22.3. The van der Waals surface area contributed by atoms with Crippen molar-refractivity contribution in [2.45, 2.75) is 31.7 Å². The summed E-state index contributed by atoms with van der Waals surface area (Å²) in [4.78, 5) is 16.6. The number of carbonyl (C=O) groups excluding carboxylic acids is 1. The van der Waals surface area contributed by atoms with Gasteiger partial charge in [-0.05, 0) is 35.2 Å². The van der Waals surface area contributed by atoms with Gasteiger partial charge in [0.2, 0.25) is 0 Å². The molecule has 0 spiro atoms. The maximum absolute atomic E-state index is 13.0. The second kappa shape index (κ2) is 10.5. The number of nitrogens with zero attached hydrogens (tertiary/aromatic N) is 2. The molecular weight excluding hydrogens is 545 g/mol. The summed E-state index contributed by atoms with van der Waals surface area (Å²) in [5, 5.41) is 17.0. The first-order valence-electron chi connectivity index (χ1n) is 11.8. The fraction of sp³-hybridized carbons (Fsp3) is 0.179. The van der Waals surface area contributed by atoms with E-state index in [1.165, 1.54) is 30.3 Å². The number of pyridine rings is 1. The van der Waals surface area contributed by atoms with E-state index in [9.17, 15) is 31.6 Å². The predicted molar refractivity (Wildman–Crippen MR) is 145 cm³/mol. The number of nitriles is 1. The van der Waals surface area contributed by atoms with E-state index in [1.807, 2.05) is 36.4 Å². The van der Waals surface area contributed by atoms with E-state index in [0.29, 0.717) is 16.9 Å². The van der Waals surface area contributed by atoms with Crippen LogP contribution in [-0.2, 0) is 15.5 Å². The Morgan fingerprint density at radius 2 is 1.60 bits per heavy atom. The molecule has 4 rings (SSSR count). The lowest BCUT2D eigenvalue weighted by molar-refractivity contribution is -0.0501. The van der Waals surface area contributed by atoms with E-state index in [4.69, 9.17) is 0 Å². The molecule has 0 unspecified atom stereocenters. The van der Waals surface area contributed by atoms with Crippen LogP contribution in [0.2, 0.25) is 0 Å². The van der Waals surface area contributed by atoms with Crippen LogP contribution in [0.1, 0.15) is 32.0 Å². The number of alkyl halides is 3. The second-order valence-electron chi connectivity index (χ2n) is 9.76. The highest BCUT2D eigenvalue weighted by molar-refractivity contribution is 7.88. The Hall–Kier alpha value is -4.63. The van der Waals surface area contributed by atoms with Gasteiger partial charge in [0.15, 0.2) is 0 Å². The lowest BCUT2D eigenvalue weighted by atomic mass is 9.88. The van der Waals surface area contributed by atoms with Gasteiger partial charge in [0.25, 0.3) is 5.88 Å². The van der Waals surface area contributed by atoms with Crippen molar-refractivity contribution in [3.63, 3.8) is 0 Å². The van der Waals surface area contributed by atoms with Crippen LogP contribution in [0.25, 0.3) is 21.9 Å². The standard InChI is InChI=1S/C28H23F3N4O4S/c1-27(2,3)24-15-21(22(16-32)25(35-24)39-40(37,38)28(29,30)31)18-11-13-19(14-12-18)33-26(36)34-23-10-6-8-17-7-4-5-9-20(17)23/h4-15H,1-3H3,(H2,33,34,36). The van der Waals surface area contributed by atoms with Crippen molar-refractivity contribution in [1.29, 1.82) is 5.26 Å². The highest BCUT2D eigenvalue weighted by atomic mass is 32.2. The zero-order valence-electron chi connectivity index (χ0n) is 21.5. The first-order chi connectivity index (χ1) is 18.7. The normalized spacial score (nSPS) is 12.0. The number of benzene rings is 3. The first-order valence-corrected chi connectivity index (χ1v) is 13.2. The van der Waals surface area contributed by atoms with Gasteiger partial charge in [-0.15, -0.1) is 0 Å². The van der Waals surface area contributed by atoms with Crippen LogP contribution in [-0.4, -0.2) is 24.9 Å². The third kappa shape index (κ3) is 6.00. The molecule has 206 valence electrons. The lowest BCUT2D eigenvalue weighted by Crippen LogP contribution is -2.29. The van der Waals surface area contributed by atoms with E-state index >= 15 is 0 Å². The molecule has 40 heavy (non-hydrogen) atoms. The molecule has 0 bridgehead atoms. The molecule has 0 aliphatic carbocycles. The van der Waals surface area contributed by atoms with Crippen molar-refractivity contribution in [1.82, 2.24) is 4.98 Å². The van der Waals surface area contributed by atoms with E-state index in [0.717, 1.165) is 10.8 Å². The van der Waals surface area contributed by atoms with Crippen LogP contribution in [0.3, 0.4) is 0 Å². The maximum atomic E-state index is 13.0. The molecule has 2 N–H and O–H groups in total. The molecule has 3 aromatic carbocycles. The summed E-state index contributed by atoms with van der Waals surface area (Å²) in [6, 6.07) is 21.9. The number of anilines is 2. The third-order valence-electron chi connectivity index (χ3n) is 5.83. The van der Waals surface area contributed by atoms with Gasteiger partial charge < -0.3 is 14.8 Å². The summed E-state index contributed by atoms with van der Waals surface area (Å²) in [5.74, 6) is -0.973. The smallest absolute Gasteiger partial charge is 0.354 e. The summed E-state index contributed by atoms with van der Waals surface area (Å²) in [7, 11) is -6.07. The summed E-state index contributed by atoms with van der Waals surface area (Å²) in [6.45, 7) is 5.15. The van der Waals surface area contributed by atoms with E-state index in [-0.39, 0.29) is 11.3 Å².